The SMILES string of the molecule is CC(CC1CCC1CN1CC2(CCCc3cc(Cl)ccc32)COc2ccc(C(=O)NS(=O)C(C)C)cc21)N1CCOCC1. The van der Waals surface area contributed by atoms with E-state index in [2.05, 4.69) is 33.6 Å². The fourth-order valence-electron chi connectivity index (χ4n) is 7.60. The second-order valence-electron chi connectivity index (χ2n) is 13.4. The van der Waals surface area contributed by atoms with Crippen LogP contribution in [0.1, 0.15) is 74.4 Å². The molecule has 1 spiro atoms. The highest BCUT2D eigenvalue weighted by molar-refractivity contribution is 7.84. The van der Waals surface area contributed by atoms with Crippen LogP contribution in [0.4, 0.5) is 5.69 Å². The highest BCUT2D eigenvalue weighted by Crippen LogP contribution is 2.47. The molecule has 0 radical (unpaired) electrons. The largest absolute Gasteiger partial charge is 0.490 e. The van der Waals surface area contributed by atoms with Gasteiger partial charge >= 0.3 is 0 Å². The molecule has 2 fully saturated rings. The molecule has 5 atom stereocenters. The first-order valence-electron chi connectivity index (χ1n) is 16.1. The van der Waals surface area contributed by atoms with Gasteiger partial charge in [0.15, 0.2) is 0 Å². The lowest BCUT2D eigenvalue weighted by atomic mass is 9.68. The first kappa shape index (κ1) is 30.9. The van der Waals surface area contributed by atoms with E-state index in [1.54, 1.807) is 6.07 Å². The molecule has 234 valence electrons. The number of aryl methyl sites for hydroxylation is 1. The van der Waals surface area contributed by atoms with Gasteiger partial charge in [0.05, 0.1) is 25.5 Å². The van der Waals surface area contributed by atoms with Crippen molar-refractivity contribution in [3.63, 3.8) is 0 Å². The number of halogens is 1. The first-order chi connectivity index (χ1) is 20.7. The van der Waals surface area contributed by atoms with Crippen molar-refractivity contribution in [1.82, 2.24) is 9.62 Å². The maximum absolute atomic E-state index is 13.2. The number of carbonyl (C=O) groups excluding carboxylic acids is 1. The summed E-state index contributed by atoms with van der Waals surface area (Å²) in [5.74, 6) is 1.77. The van der Waals surface area contributed by atoms with Gasteiger partial charge in [0.25, 0.3) is 5.91 Å². The van der Waals surface area contributed by atoms with Crippen LogP contribution in [0.15, 0.2) is 36.4 Å². The molecule has 2 heterocycles. The van der Waals surface area contributed by atoms with Crippen molar-refractivity contribution in [2.45, 2.75) is 76.0 Å². The maximum Gasteiger partial charge on any atom is 0.263 e. The van der Waals surface area contributed by atoms with Crippen molar-refractivity contribution in [3.05, 3.63) is 58.1 Å². The molecular weight excluding hydrogens is 582 g/mol. The van der Waals surface area contributed by atoms with E-state index >= 15 is 0 Å². The van der Waals surface area contributed by atoms with Crippen LogP contribution in [0.3, 0.4) is 0 Å². The van der Waals surface area contributed by atoms with E-state index in [4.69, 9.17) is 21.1 Å². The number of morpholine rings is 1. The average molecular weight is 628 g/mol. The topological polar surface area (TPSA) is 71.1 Å². The Morgan fingerprint density at radius 2 is 1.91 bits per heavy atom. The lowest BCUT2D eigenvalue weighted by Crippen LogP contribution is -2.49. The number of carbonyl (C=O) groups is 1. The molecule has 2 aromatic carbocycles. The van der Waals surface area contributed by atoms with Gasteiger partial charge in [-0.15, -0.1) is 0 Å². The van der Waals surface area contributed by atoms with E-state index in [1.807, 2.05) is 32.0 Å². The molecule has 1 amide bonds. The number of amides is 1. The summed E-state index contributed by atoms with van der Waals surface area (Å²) < 4.78 is 27.3. The van der Waals surface area contributed by atoms with E-state index < -0.39 is 11.0 Å². The third-order valence-corrected chi connectivity index (χ3v) is 11.7. The van der Waals surface area contributed by atoms with Crippen LogP contribution >= 0.6 is 11.6 Å². The molecule has 5 unspecified atom stereocenters. The van der Waals surface area contributed by atoms with Gasteiger partial charge in [-0.2, -0.15) is 0 Å². The zero-order valence-electron chi connectivity index (χ0n) is 25.8. The Kier molecular flexibility index (Phi) is 9.39. The summed E-state index contributed by atoms with van der Waals surface area (Å²) in [7, 11) is -1.43. The summed E-state index contributed by atoms with van der Waals surface area (Å²) in [6.07, 6.45) is 6.88. The molecule has 43 heavy (non-hydrogen) atoms. The van der Waals surface area contributed by atoms with Crippen molar-refractivity contribution < 1.29 is 18.5 Å². The molecular formula is C34H46ClN3O4S. The van der Waals surface area contributed by atoms with Crippen LogP contribution in [-0.2, 0) is 27.6 Å². The Bertz CT molecular complexity index is 1350. The molecule has 1 N–H and O–H groups in total. The van der Waals surface area contributed by atoms with Crippen molar-refractivity contribution in [2.24, 2.45) is 11.8 Å². The predicted molar refractivity (Wildman–Crippen MR) is 174 cm³/mol. The fraction of sp³-hybridized carbons (Fsp3) is 0.618. The van der Waals surface area contributed by atoms with Crippen molar-refractivity contribution in [1.29, 1.82) is 0 Å². The van der Waals surface area contributed by atoms with Crippen LogP contribution < -0.4 is 14.4 Å². The Hall–Kier alpha value is -2.13. The molecule has 6 rings (SSSR count). The highest BCUT2D eigenvalue weighted by Gasteiger charge is 2.43. The Labute approximate surface area is 264 Å². The van der Waals surface area contributed by atoms with E-state index in [1.165, 1.54) is 30.4 Å². The van der Waals surface area contributed by atoms with Crippen molar-refractivity contribution in [2.75, 3.05) is 50.9 Å². The van der Waals surface area contributed by atoms with Crippen LogP contribution in [0.2, 0.25) is 5.02 Å². The zero-order valence-corrected chi connectivity index (χ0v) is 27.4. The second-order valence-corrected chi connectivity index (χ2v) is 15.6. The summed E-state index contributed by atoms with van der Waals surface area (Å²) in [6, 6.07) is 12.6. The molecule has 2 aliphatic heterocycles. The lowest BCUT2D eigenvalue weighted by molar-refractivity contribution is 0.00741. The number of ether oxygens (including phenoxy) is 2. The molecule has 2 aliphatic carbocycles. The molecule has 2 aromatic rings. The molecule has 0 aromatic heterocycles. The van der Waals surface area contributed by atoms with Gasteiger partial charge in [-0.05, 0) is 113 Å². The summed E-state index contributed by atoms with van der Waals surface area (Å²) >= 11 is 6.44. The predicted octanol–water partition coefficient (Wildman–Crippen LogP) is 5.75. The van der Waals surface area contributed by atoms with E-state index in [-0.39, 0.29) is 16.6 Å². The van der Waals surface area contributed by atoms with Crippen LogP contribution in [0.5, 0.6) is 5.75 Å². The Morgan fingerprint density at radius 3 is 2.65 bits per heavy atom. The number of hydrogen-bond acceptors (Lipinski definition) is 6. The standard InChI is InChI=1S/C34H46ClN3O4S/c1-23(2)43(40)36-33(39)27-8-11-32-31(19-27)38(20-28-7-6-25(28)17-24(3)37-13-15-41-16-14-37)21-34(22-42-32)12-4-5-26-18-29(35)9-10-30(26)34/h8-11,18-19,23-25,28H,4-7,12-17,20-22H2,1-3H3,(H,36,39). The average Bonchev–Trinajstić information content (AvgIpc) is 3.15. The summed E-state index contributed by atoms with van der Waals surface area (Å²) in [6.45, 7) is 12.1. The minimum Gasteiger partial charge on any atom is -0.490 e. The number of hydrogen-bond donors (Lipinski definition) is 1. The second kappa shape index (κ2) is 13.1. The quantitative estimate of drug-likeness (QED) is 0.402. The zero-order chi connectivity index (χ0) is 30.1. The third kappa shape index (κ3) is 6.63. The van der Waals surface area contributed by atoms with Crippen LogP contribution in [0, 0.1) is 11.8 Å². The molecule has 0 bridgehead atoms. The molecule has 4 aliphatic rings. The monoisotopic (exact) mass is 627 g/mol. The number of nitrogens with one attached hydrogen (secondary N) is 1. The van der Waals surface area contributed by atoms with Gasteiger partial charge in [-0.3, -0.25) is 14.4 Å². The summed E-state index contributed by atoms with van der Waals surface area (Å²) in [4.78, 5) is 18.2. The molecule has 7 nitrogen and oxygen atoms in total. The highest BCUT2D eigenvalue weighted by atomic mass is 35.5. The van der Waals surface area contributed by atoms with Gasteiger partial charge in [0.1, 0.15) is 16.7 Å². The number of rotatable bonds is 8. The Balaban J connectivity index is 1.29. The normalized spacial score (nSPS) is 27.0. The van der Waals surface area contributed by atoms with Crippen molar-refractivity contribution in [3.8, 4) is 5.75 Å². The van der Waals surface area contributed by atoms with E-state index in [0.717, 1.165) is 75.1 Å². The first-order valence-corrected chi connectivity index (χ1v) is 17.7. The number of benzene rings is 2. The molecule has 1 saturated heterocycles. The maximum atomic E-state index is 13.2. The Morgan fingerprint density at radius 1 is 1.12 bits per heavy atom. The van der Waals surface area contributed by atoms with Gasteiger partial charge in [0.2, 0.25) is 0 Å². The number of nitrogens with zero attached hydrogens (tertiary/aromatic N) is 2. The third-order valence-electron chi connectivity index (χ3n) is 10.3. The van der Waals surface area contributed by atoms with Gasteiger partial charge in [-0.25, -0.2) is 4.21 Å². The van der Waals surface area contributed by atoms with E-state index in [0.29, 0.717) is 30.0 Å². The minimum absolute atomic E-state index is 0.153. The van der Waals surface area contributed by atoms with Gasteiger partial charge in [0, 0.05) is 53.5 Å². The fourth-order valence-corrected chi connectivity index (χ4v) is 8.33. The van der Waals surface area contributed by atoms with Crippen LogP contribution in [-0.4, -0.2) is 72.3 Å². The lowest BCUT2D eigenvalue weighted by Gasteiger charge is -2.46. The number of anilines is 1. The number of fused-ring (bicyclic) bond motifs is 3. The van der Waals surface area contributed by atoms with Gasteiger partial charge < -0.3 is 14.4 Å². The summed E-state index contributed by atoms with van der Waals surface area (Å²) in [5.41, 5.74) is 3.99. The molecule has 1 saturated carbocycles. The van der Waals surface area contributed by atoms with Crippen LogP contribution in [0.25, 0.3) is 0 Å². The smallest absolute Gasteiger partial charge is 0.263 e. The van der Waals surface area contributed by atoms with E-state index in [9.17, 15) is 9.00 Å². The minimum atomic E-state index is -1.43. The van der Waals surface area contributed by atoms with Gasteiger partial charge in [-0.1, -0.05) is 17.7 Å². The molecule has 9 heteroatoms. The van der Waals surface area contributed by atoms with Crippen molar-refractivity contribution >= 4 is 34.2 Å². The summed E-state index contributed by atoms with van der Waals surface area (Å²) in [5, 5.41) is 0.631.